The average Bonchev–Trinajstić information content (AvgIpc) is 2.53. The summed E-state index contributed by atoms with van der Waals surface area (Å²) in [5.74, 6) is 0.430. The first-order valence-corrected chi connectivity index (χ1v) is 9.85. The minimum Gasteiger partial charge on any atom is -0.356 e. The van der Waals surface area contributed by atoms with E-state index in [0.717, 1.165) is 12.0 Å². The van der Waals surface area contributed by atoms with Crippen molar-refractivity contribution >= 4 is 40.0 Å². The van der Waals surface area contributed by atoms with Gasteiger partial charge in [0.05, 0.1) is 6.26 Å². The van der Waals surface area contributed by atoms with Crippen molar-refractivity contribution in [2.24, 2.45) is 4.99 Å². The topological polar surface area (TPSA) is 73.8 Å². The van der Waals surface area contributed by atoms with Gasteiger partial charge in [-0.2, -0.15) is 0 Å². The van der Waals surface area contributed by atoms with E-state index in [4.69, 9.17) is 0 Å². The van der Waals surface area contributed by atoms with Crippen molar-refractivity contribution in [2.75, 3.05) is 39.5 Å². The molecule has 0 saturated carbocycles. The summed E-state index contributed by atoms with van der Waals surface area (Å²) in [5.41, 5.74) is 1.05. The van der Waals surface area contributed by atoms with Crippen LogP contribution in [0.1, 0.15) is 18.9 Å². The normalized spacial score (nSPS) is 12.0. The Labute approximate surface area is 167 Å². The summed E-state index contributed by atoms with van der Waals surface area (Å²) in [6.07, 6.45) is 2.68. The molecule has 0 amide bonds. The molecule has 0 unspecified atom stereocenters. The van der Waals surface area contributed by atoms with Gasteiger partial charge in [0.1, 0.15) is 5.82 Å². The number of guanidine groups is 1. The lowest BCUT2D eigenvalue weighted by molar-refractivity contribution is 0.424. The first-order valence-electron chi connectivity index (χ1n) is 8.01. The fraction of sp³-hybridized carbons (Fsp3) is 0.562. The van der Waals surface area contributed by atoms with Crippen LogP contribution in [0.2, 0.25) is 0 Å². The second kappa shape index (κ2) is 12.4. The van der Waals surface area contributed by atoms with E-state index in [0.29, 0.717) is 38.6 Å². The lowest BCUT2D eigenvalue weighted by Gasteiger charge is -2.18. The molecule has 0 aliphatic heterocycles. The molecule has 6 nitrogen and oxygen atoms in total. The molecule has 0 aromatic heterocycles. The lowest BCUT2D eigenvalue weighted by Crippen LogP contribution is -2.40. The highest BCUT2D eigenvalue weighted by Gasteiger charge is 2.13. The van der Waals surface area contributed by atoms with Crippen LogP contribution in [0.5, 0.6) is 0 Å². The van der Waals surface area contributed by atoms with Crippen molar-refractivity contribution < 1.29 is 12.8 Å². The zero-order chi connectivity index (χ0) is 18.0. The monoisotopic (exact) mass is 486 g/mol. The van der Waals surface area contributed by atoms with Gasteiger partial charge < -0.3 is 10.6 Å². The summed E-state index contributed by atoms with van der Waals surface area (Å²) in [7, 11) is -1.45. The summed E-state index contributed by atoms with van der Waals surface area (Å²) in [6, 6.07) is 6.42. The van der Waals surface area contributed by atoms with E-state index >= 15 is 0 Å². The first kappa shape index (κ1) is 24.1. The van der Waals surface area contributed by atoms with Crippen LogP contribution in [0, 0.1) is 5.82 Å². The minimum absolute atomic E-state index is 0. The summed E-state index contributed by atoms with van der Waals surface area (Å²) >= 11 is 0. The predicted octanol–water partition coefficient (Wildman–Crippen LogP) is 1.82. The molecule has 0 aliphatic carbocycles. The Morgan fingerprint density at radius 2 is 1.80 bits per heavy atom. The largest absolute Gasteiger partial charge is 0.356 e. The SMILES string of the molecule is CCN(CCCNC(=NC)NCCc1ccc(F)cc1)S(C)(=O)=O.I. The third kappa shape index (κ3) is 9.95. The fourth-order valence-electron chi connectivity index (χ4n) is 2.22. The number of rotatable bonds is 9. The maximum absolute atomic E-state index is 12.8. The van der Waals surface area contributed by atoms with E-state index in [1.54, 1.807) is 19.2 Å². The maximum Gasteiger partial charge on any atom is 0.211 e. The summed E-state index contributed by atoms with van der Waals surface area (Å²) in [5, 5.41) is 6.33. The fourth-order valence-corrected chi connectivity index (χ4v) is 3.15. The van der Waals surface area contributed by atoms with Gasteiger partial charge in [-0.3, -0.25) is 4.99 Å². The molecule has 9 heteroatoms. The zero-order valence-corrected chi connectivity index (χ0v) is 18.1. The summed E-state index contributed by atoms with van der Waals surface area (Å²) < 4.78 is 37.3. The zero-order valence-electron chi connectivity index (χ0n) is 15.0. The van der Waals surface area contributed by atoms with E-state index in [-0.39, 0.29) is 29.8 Å². The van der Waals surface area contributed by atoms with Crippen molar-refractivity contribution in [3.05, 3.63) is 35.6 Å². The second-order valence-corrected chi connectivity index (χ2v) is 7.39. The van der Waals surface area contributed by atoms with E-state index in [1.165, 1.54) is 22.7 Å². The predicted molar refractivity (Wildman–Crippen MR) is 112 cm³/mol. The van der Waals surface area contributed by atoms with Gasteiger partial charge in [0, 0.05) is 33.2 Å². The minimum atomic E-state index is -3.14. The number of sulfonamides is 1. The van der Waals surface area contributed by atoms with E-state index in [9.17, 15) is 12.8 Å². The first-order chi connectivity index (χ1) is 11.4. The van der Waals surface area contributed by atoms with Crippen LogP contribution in [0.15, 0.2) is 29.3 Å². The van der Waals surface area contributed by atoms with Crippen LogP contribution in [0.4, 0.5) is 4.39 Å². The molecular weight excluding hydrogens is 458 g/mol. The van der Waals surface area contributed by atoms with Crippen LogP contribution >= 0.6 is 24.0 Å². The van der Waals surface area contributed by atoms with Gasteiger partial charge in [0.2, 0.25) is 10.0 Å². The van der Waals surface area contributed by atoms with Crippen LogP contribution < -0.4 is 10.6 Å². The highest BCUT2D eigenvalue weighted by Crippen LogP contribution is 2.02. The molecule has 1 rings (SSSR count). The van der Waals surface area contributed by atoms with Crippen LogP contribution in [0.3, 0.4) is 0 Å². The van der Waals surface area contributed by atoms with Gasteiger partial charge in [-0.25, -0.2) is 17.1 Å². The number of benzene rings is 1. The van der Waals surface area contributed by atoms with Crippen molar-refractivity contribution in [1.82, 2.24) is 14.9 Å². The van der Waals surface area contributed by atoms with Gasteiger partial charge in [-0.05, 0) is 30.5 Å². The molecule has 1 aromatic carbocycles. The van der Waals surface area contributed by atoms with Gasteiger partial charge in [-0.15, -0.1) is 24.0 Å². The molecule has 0 radical (unpaired) electrons. The number of hydrogen-bond donors (Lipinski definition) is 2. The Bertz CT molecular complexity index is 624. The van der Waals surface area contributed by atoms with Gasteiger partial charge in [-0.1, -0.05) is 19.1 Å². The highest BCUT2D eigenvalue weighted by atomic mass is 127. The number of hydrogen-bond acceptors (Lipinski definition) is 3. The molecule has 0 bridgehead atoms. The molecule has 2 N–H and O–H groups in total. The Hall–Kier alpha value is -0.940. The molecule has 25 heavy (non-hydrogen) atoms. The molecular formula is C16H28FIN4O2S. The van der Waals surface area contributed by atoms with Crippen LogP contribution in [0.25, 0.3) is 0 Å². The van der Waals surface area contributed by atoms with Crippen molar-refractivity contribution in [1.29, 1.82) is 0 Å². The van der Waals surface area contributed by atoms with Crippen molar-refractivity contribution in [3.8, 4) is 0 Å². The van der Waals surface area contributed by atoms with Crippen molar-refractivity contribution in [3.63, 3.8) is 0 Å². The van der Waals surface area contributed by atoms with E-state index in [2.05, 4.69) is 15.6 Å². The summed E-state index contributed by atoms with van der Waals surface area (Å²) in [6.45, 7) is 4.08. The highest BCUT2D eigenvalue weighted by molar-refractivity contribution is 14.0. The van der Waals surface area contributed by atoms with Crippen LogP contribution in [-0.4, -0.2) is 58.2 Å². The molecule has 0 fully saturated rings. The van der Waals surface area contributed by atoms with E-state index < -0.39 is 10.0 Å². The molecule has 144 valence electrons. The molecule has 0 heterocycles. The maximum atomic E-state index is 12.8. The Morgan fingerprint density at radius 3 is 2.32 bits per heavy atom. The molecule has 0 spiro atoms. The average molecular weight is 486 g/mol. The number of halogens is 2. The third-order valence-corrected chi connectivity index (χ3v) is 4.92. The standard InChI is InChI=1S/C16H27FN4O2S.HI/c1-4-21(24(3,22)23)13-5-11-19-16(18-2)20-12-10-14-6-8-15(17)9-7-14;/h6-9H,4-5,10-13H2,1-3H3,(H2,18,19,20);1H. The van der Waals surface area contributed by atoms with Gasteiger partial charge in [0.25, 0.3) is 0 Å². The molecule has 0 atom stereocenters. The second-order valence-electron chi connectivity index (χ2n) is 5.41. The van der Waals surface area contributed by atoms with Crippen molar-refractivity contribution in [2.45, 2.75) is 19.8 Å². The van der Waals surface area contributed by atoms with Gasteiger partial charge in [0.15, 0.2) is 5.96 Å². The number of aliphatic imine (C=N–C) groups is 1. The van der Waals surface area contributed by atoms with Crippen LogP contribution in [-0.2, 0) is 16.4 Å². The van der Waals surface area contributed by atoms with E-state index in [1.807, 2.05) is 6.92 Å². The molecule has 0 aliphatic rings. The quantitative estimate of drug-likeness (QED) is 0.242. The Morgan fingerprint density at radius 1 is 1.20 bits per heavy atom. The smallest absolute Gasteiger partial charge is 0.211 e. The molecule has 0 saturated heterocycles. The number of nitrogens with one attached hydrogen (secondary N) is 2. The lowest BCUT2D eigenvalue weighted by atomic mass is 10.1. The number of nitrogens with zero attached hydrogens (tertiary/aromatic N) is 2. The third-order valence-electron chi connectivity index (χ3n) is 3.54. The van der Waals surface area contributed by atoms with Gasteiger partial charge >= 0.3 is 0 Å². The summed E-state index contributed by atoms with van der Waals surface area (Å²) in [4.78, 5) is 4.12. The Balaban J connectivity index is 0.00000576. The molecule has 1 aromatic rings. The Kier molecular flexibility index (Phi) is 12.0.